The van der Waals surface area contributed by atoms with Crippen LogP contribution in [0.15, 0.2) is 12.1 Å². The first-order chi connectivity index (χ1) is 7.92. The molecule has 0 amide bonds. The molecule has 1 aromatic carbocycles. The second-order valence-corrected chi connectivity index (χ2v) is 5.49. The Morgan fingerprint density at radius 3 is 2.18 bits per heavy atom. The minimum absolute atomic E-state index is 0.207. The van der Waals surface area contributed by atoms with Gasteiger partial charge < -0.3 is 5.73 Å². The van der Waals surface area contributed by atoms with Crippen molar-refractivity contribution in [2.24, 2.45) is 5.73 Å². The second-order valence-electron chi connectivity index (χ2n) is 5.49. The van der Waals surface area contributed by atoms with Gasteiger partial charge in [-0.3, -0.25) is 4.79 Å². The molecular formula is C15H21NO. The number of benzene rings is 1. The highest BCUT2D eigenvalue weighted by Gasteiger charge is 2.39. The van der Waals surface area contributed by atoms with Gasteiger partial charge in [0.05, 0.1) is 5.54 Å². The molecule has 17 heavy (non-hydrogen) atoms. The van der Waals surface area contributed by atoms with Crippen LogP contribution in [0, 0.1) is 20.8 Å². The van der Waals surface area contributed by atoms with Gasteiger partial charge in [0.25, 0.3) is 0 Å². The lowest BCUT2D eigenvalue weighted by Gasteiger charge is -2.36. The summed E-state index contributed by atoms with van der Waals surface area (Å²) in [6.07, 6.45) is 3.30. The van der Waals surface area contributed by atoms with Crippen molar-refractivity contribution >= 4 is 5.78 Å². The molecule has 1 fully saturated rings. The number of ketones is 1. The number of hydrogen-bond acceptors (Lipinski definition) is 2. The molecule has 2 heteroatoms. The Labute approximate surface area is 103 Å². The Morgan fingerprint density at radius 2 is 1.76 bits per heavy atom. The molecule has 2 N–H and O–H groups in total. The van der Waals surface area contributed by atoms with E-state index in [1.807, 2.05) is 0 Å². The fraction of sp³-hybridized carbons (Fsp3) is 0.533. The zero-order valence-electron chi connectivity index (χ0n) is 11.0. The molecule has 0 heterocycles. The summed E-state index contributed by atoms with van der Waals surface area (Å²) in [6, 6.07) is 4.28. The van der Waals surface area contributed by atoms with Crippen LogP contribution < -0.4 is 5.73 Å². The van der Waals surface area contributed by atoms with Crippen molar-refractivity contribution in [2.45, 2.75) is 52.0 Å². The molecule has 1 aliphatic rings. The van der Waals surface area contributed by atoms with Gasteiger partial charge in [-0.15, -0.1) is 0 Å². The number of aryl methyl sites for hydroxylation is 3. The third-order valence-electron chi connectivity index (χ3n) is 3.98. The van der Waals surface area contributed by atoms with E-state index in [1.54, 1.807) is 0 Å². The zero-order chi connectivity index (χ0) is 12.6. The first kappa shape index (κ1) is 12.3. The highest BCUT2D eigenvalue weighted by atomic mass is 16.1. The van der Waals surface area contributed by atoms with Crippen molar-refractivity contribution in [1.29, 1.82) is 0 Å². The van der Waals surface area contributed by atoms with Crippen LogP contribution in [-0.2, 0) is 11.2 Å². The average Bonchev–Trinajstić information content (AvgIpc) is 2.19. The SMILES string of the molecule is Cc1cc(C)c(CC(=O)C2(N)CCC2)c(C)c1. The smallest absolute Gasteiger partial charge is 0.157 e. The van der Waals surface area contributed by atoms with Crippen LogP contribution in [0.4, 0.5) is 0 Å². The largest absolute Gasteiger partial charge is 0.319 e. The number of nitrogens with two attached hydrogens (primary N) is 1. The van der Waals surface area contributed by atoms with E-state index in [0.29, 0.717) is 6.42 Å². The van der Waals surface area contributed by atoms with E-state index in [9.17, 15) is 4.79 Å². The van der Waals surface area contributed by atoms with Gasteiger partial charge in [0.15, 0.2) is 5.78 Å². The topological polar surface area (TPSA) is 43.1 Å². The summed E-state index contributed by atoms with van der Waals surface area (Å²) in [5.74, 6) is 0.207. The molecule has 92 valence electrons. The number of carbonyl (C=O) groups is 1. The zero-order valence-corrected chi connectivity index (χ0v) is 11.0. The van der Waals surface area contributed by atoms with E-state index in [1.165, 1.54) is 16.7 Å². The van der Waals surface area contributed by atoms with Gasteiger partial charge in [0.1, 0.15) is 0 Å². The van der Waals surface area contributed by atoms with E-state index in [4.69, 9.17) is 5.73 Å². The molecule has 1 aliphatic carbocycles. The summed E-state index contributed by atoms with van der Waals surface area (Å²) >= 11 is 0. The number of carbonyl (C=O) groups excluding carboxylic acids is 1. The van der Waals surface area contributed by atoms with Crippen LogP contribution in [0.25, 0.3) is 0 Å². The maximum atomic E-state index is 12.2. The van der Waals surface area contributed by atoms with Gasteiger partial charge in [0.2, 0.25) is 0 Å². The standard InChI is InChI=1S/C15H21NO/c1-10-7-11(2)13(12(3)8-10)9-14(17)15(16)5-4-6-15/h7-8H,4-6,9,16H2,1-3H3. The fourth-order valence-corrected chi connectivity index (χ4v) is 2.66. The van der Waals surface area contributed by atoms with Crippen molar-refractivity contribution in [1.82, 2.24) is 0 Å². The number of hydrogen-bond donors (Lipinski definition) is 1. The summed E-state index contributed by atoms with van der Waals surface area (Å²) in [6.45, 7) is 6.24. The maximum Gasteiger partial charge on any atom is 0.157 e. The fourth-order valence-electron chi connectivity index (χ4n) is 2.66. The lowest BCUT2D eigenvalue weighted by Crippen LogP contribution is -2.54. The predicted molar refractivity (Wildman–Crippen MR) is 70.1 cm³/mol. The monoisotopic (exact) mass is 231 g/mol. The minimum Gasteiger partial charge on any atom is -0.319 e. The van der Waals surface area contributed by atoms with Crippen molar-refractivity contribution in [2.75, 3.05) is 0 Å². The van der Waals surface area contributed by atoms with Crippen LogP contribution in [-0.4, -0.2) is 11.3 Å². The Morgan fingerprint density at radius 1 is 1.24 bits per heavy atom. The van der Waals surface area contributed by atoms with Crippen molar-refractivity contribution in [3.63, 3.8) is 0 Å². The second kappa shape index (κ2) is 4.26. The van der Waals surface area contributed by atoms with Gasteiger partial charge in [-0.1, -0.05) is 17.7 Å². The van der Waals surface area contributed by atoms with E-state index < -0.39 is 5.54 Å². The molecule has 1 aromatic rings. The number of Topliss-reactive ketones (excluding diaryl/α,β-unsaturated/α-hetero) is 1. The molecule has 0 atom stereocenters. The van der Waals surface area contributed by atoms with Gasteiger partial charge >= 0.3 is 0 Å². The molecule has 1 saturated carbocycles. The molecule has 0 aliphatic heterocycles. The molecule has 0 spiro atoms. The van der Waals surface area contributed by atoms with Crippen LogP contribution >= 0.6 is 0 Å². The van der Waals surface area contributed by atoms with Gasteiger partial charge in [-0.2, -0.15) is 0 Å². The highest BCUT2D eigenvalue weighted by molar-refractivity contribution is 5.91. The van der Waals surface area contributed by atoms with Crippen molar-refractivity contribution in [3.05, 3.63) is 34.4 Å². The normalized spacial score (nSPS) is 17.6. The lowest BCUT2D eigenvalue weighted by atomic mass is 9.72. The molecule has 0 saturated heterocycles. The molecule has 0 aromatic heterocycles. The van der Waals surface area contributed by atoms with Crippen LogP contribution in [0.5, 0.6) is 0 Å². The highest BCUT2D eigenvalue weighted by Crippen LogP contribution is 2.31. The van der Waals surface area contributed by atoms with E-state index >= 15 is 0 Å². The first-order valence-corrected chi connectivity index (χ1v) is 6.31. The van der Waals surface area contributed by atoms with Gasteiger partial charge in [0, 0.05) is 6.42 Å². The molecule has 0 bridgehead atoms. The maximum absolute atomic E-state index is 12.2. The predicted octanol–water partition coefficient (Wildman–Crippen LogP) is 2.60. The summed E-state index contributed by atoms with van der Waals surface area (Å²) in [5.41, 5.74) is 10.4. The van der Waals surface area contributed by atoms with Gasteiger partial charge in [-0.05, 0) is 56.7 Å². The van der Waals surface area contributed by atoms with Crippen LogP contribution in [0.3, 0.4) is 0 Å². The summed E-state index contributed by atoms with van der Waals surface area (Å²) < 4.78 is 0. The van der Waals surface area contributed by atoms with Gasteiger partial charge in [-0.25, -0.2) is 0 Å². The quantitative estimate of drug-likeness (QED) is 0.869. The Balaban J connectivity index is 2.21. The van der Waals surface area contributed by atoms with Crippen LogP contribution in [0.2, 0.25) is 0 Å². The Kier molecular flexibility index (Phi) is 3.09. The molecule has 2 nitrogen and oxygen atoms in total. The minimum atomic E-state index is -0.524. The first-order valence-electron chi connectivity index (χ1n) is 6.31. The van der Waals surface area contributed by atoms with Crippen LogP contribution in [0.1, 0.15) is 41.5 Å². The lowest BCUT2D eigenvalue weighted by molar-refractivity contribution is -0.126. The number of rotatable bonds is 3. The molecule has 0 radical (unpaired) electrons. The summed E-state index contributed by atoms with van der Waals surface area (Å²) in [5, 5.41) is 0. The van der Waals surface area contributed by atoms with E-state index in [2.05, 4.69) is 32.9 Å². The average molecular weight is 231 g/mol. The summed E-state index contributed by atoms with van der Waals surface area (Å²) in [7, 11) is 0. The third kappa shape index (κ3) is 2.27. The molecule has 0 unspecified atom stereocenters. The van der Waals surface area contributed by atoms with E-state index in [-0.39, 0.29) is 5.78 Å². The van der Waals surface area contributed by atoms with E-state index in [0.717, 1.165) is 24.8 Å². The Hall–Kier alpha value is -1.15. The Bertz CT molecular complexity index is 435. The molecular weight excluding hydrogens is 210 g/mol. The third-order valence-corrected chi connectivity index (χ3v) is 3.98. The van der Waals surface area contributed by atoms with Crippen molar-refractivity contribution < 1.29 is 4.79 Å². The molecule has 2 rings (SSSR count). The summed E-state index contributed by atoms with van der Waals surface area (Å²) in [4.78, 5) is 12.2. The van der Waals surface area contributed by atoms with Crippen molar-refractivity contribution in [3.8, 4) is 0 Å².